The van der Waals surface area contributed by atoms with E-state index in [9.17, 15) is 0 Å². The van der Waals surface area contributed by atoms with E-state index in [0.717, 1.165) is 24.4 Å². The van der Waals surface area contributed by atoms with Gasteiger partial charge in [0, 0.05) is 6.61 Å². The summed E-state index contributed by atoms with van der Waals surface area (Å²) in [6, 6.07) is 0.347. The molecule has 2 bridgehead atoms. The van der Waals surface area contributed by atoms with Crippen molar-refractivity contribution in [3.05, 3.63) is 0 Å². The van der Waals surface area contributed by atoms with Gasteiger partial charge in [-0.2, -0.15) is 0 Å². The van der Waals surface area contributed by atoms with Gasteiger partial charge in [-0.1, -0.05) is 32.1 Å². The first kappa shape index (κ1) is 15.8. The second-order valence-electron chi connectivity index (χ2n) is 7.80. The fraction of sp³-hybridized carbons (Fsp3) is 1.00. The van der Waals surface area contributed by atoms with Crippen LogP contribution in [0.25, 0.3) is 0 Å². The molecule has 3 heteroatoms. The summed E-state index contributed by atoms with van der Waals surface area (Å²) in [6.07, 6.45) is 14.8. The van der Waals surface area contributed by atoms with Crippen molar-refractivity contribution in [2.24, 2.45) is 23.6 Å². The summed E-state index contributed by atoms with van der Waals surface area (Å²) < 4.78 is 6.35. The predicted octanol–water partition coefficient (Wildman–Crippen LogP) is 3.77. The number of hydrogen-bond acceptors (Lipinski definition) is 3. The van der Waals surface area contributed by atoms with Crippen LogP contribution in [0.15, 0.2) is 0 Å². The number of rotatable bonds is 6. The molecule has 3 aliphatic rings. The van der Waals surface area contributed by atoms with Crippen LogP contribution in [0.5, 0.6) is 0 Å². The van der Waals surface area contributed by atoms with Crippen LogP contribution in [0, 0.1) is 17.8 Å². The number of nitrogens with two attached hydrogens (primary N) is 1. The van der Waals surface area contributed by atoms with Gasteiger partial charge in [0.05, 0.1) is 11.6 Å². The van der Waals surface area contributed by atoms with Crippen molar-refractivity contribution >= 4 is 0 Å². The molecule has 0 radical (unpaired) electrons. The van der Waals surface area contributed by atoms with Gasteiger partial charge in [-0.25, -0.2) is 0 Å². The molecule has 0 spiro atoms. The standard InChI is InChI=1S/C18H34N2O/c1-2-21-18(9-5-3-4-6-10-18)17(20-19)13-16-12-14-7-8-15(16)11-14/h14-17,20H,2-13,19H2,1H3. The highest BCUT2D eigenvalue weighted by Gasteiger charge is 2.45. The third kappa shape index (κ3) is 3.30. The number of ether oxygens (including phenoxy) is 1. The van der Waals surface area contributed by atoms with Gasteiger partial charge in [0.2, 0.25) is 0 Å². The van der Waals surface area contributed by atoms with E-state index in [1.54, 1.807) is 0 Å². The van der Waals surface area contributed by atoms with Crippen molar-refractivity contribution in [2.45, 2.75) is 89.2 Å². The number of hydrazine groups is 1. The highest BCUT2D eigenvalue weighted by molar-refractivity contribution is 4.98. The largest absolute Gasteiger partial charge is 0.374 e. The lowest BCUT2D eigenvalue weighted by atomic mass is 9.77. The van der Waals surface area contributed by atoms with Crippen LogP contribution in [0.4, 0.5) is 0 Å². The normalized spacial score (nSPS) is 36.6. The minimum atomic E-state index is 0.00182. The lowest BCUT2D eigenvalue weighted by molar-refractivity contribution is -0.0829. The van der Waals surface area contributed by atoms with E-state index in [1.807, 2.05) is 0 Å². The quantitative estimate of drug-likeness (QED) is 0.445. The minimum absolute atomic E-state index is 0.00182. The van der Waals surface area contributed by atoms with Crippen molar-refractivity contribution in [1.82, 2.24) is 5.43 Å². The Hall–Kier alpha value is -0.120. The topological polar surface area (TPSA) is 47.3 Å². The summed E-state index contributed by atoms with van der Waals surface area (Å²) in [6.45, 7) is 2.95. The van der Waals surface area contributed by atoms with Gasteiger partial charge in [0.25, 0.3) is 0 Å². The van der Waals surface area contributed by atoms with Gasteiger partial charge in [0.15, 0.2) is 0 Å². The highest BCUT2D eigenvalue weighted by Crippen LogP contribution is 2.51. The molecule has 0 amide bonds. The molecule has 0 heterocycles. The lowest BCUT2D eigenvalue weighted by Gasteiger charge is -2.42. The van der Waals surface area contributed by atoms with Crippen molar-refractivity contribution in [3.8, 4) is 0 Å². The maximum atomic E-state index is 6.35. The maximum absolute atomic E-state index is 6.35. The first-order chi connectivity index (χ1) is 10.3. The third-order valence-corrected chi connectivity index (χ3v) is 6.64. The molecule has 3 N–H and O–H groups in total. The smallest absolute Gasteiger partial charge is 0.0848 e. The van der Waals surface area contributed by atoms with Crippen LogP contribution < -0.4 is 11.3 Å². The van der Waals surface area contributed by atoms with Crippen molar-refractivity contribution in [1.29, 1.82) is 0 Å². The second kappa shape index (κ2) is 6.97. The molecule has 122 valence electrons. The molecule has 0 saturated heterocycles. The molecule has 3 fully saturated rings. The van der Waals surface area contributed by atoms with Crippen LogP contribution >= 0.6 is 0 Å². The zero-order valence-corrected chi connectivity index (χ0v) is 13.8. The van der Waals surface area contributed by atoms with E-state index in [4.69, 9.17) is 10.6 Å². The highest BCUT2D eigenvalue weighted by atomic mass is 16.5. The van der Waals surface area contributed by atoms with Gasteiger partial charge < -0.3 is 4.74 Å². The summed E-state index contributed by atoms with van der Waals surface area (Å²) in [5.41, 5.74) is 3.19. The second-order valence-corrected chi connectivity index (χ2v) is 7.80. The zero-order valence-electron chi connectivity index (χ0n) is 13.8. The lowest BCUT2D eigenvalue weighted by Crippen LogP contribution is -2.55. The molecule has 0 aromatic rings. The fourth-order valence-electron chi connectivity index (χ4n) is 5.61. The molecular weight excluding hydrogens is 260 g/mol. The number of fused-ring (bicyclic) bond motifs is 2. The van der Waals surface area contributed by atoms with Crippen LogP contribution in [0.1, 0.15) is 77.6 Å². The average Bonchev–Trinajstić information content (AvgIpc) is 3.03. The summed E-state index contributed by atoms with van der Waals surface area (Å²) in [7, 11) is 0. The van der Waals surface area contributed by atoms with Crippen LogP contribution in [-0.4, -0.2) is 18.2 Å². The zero-order chi connectivity index (χ0) is 14.7. The van der Waals surface area contributed by atoms with Crippen molar-refractivity contribution in [2.75, 3.05) is 6.61 Å². The van der Waals surface area contributed by atoms with E-state index >= 15 is 0 Å². The first-order valence-electron chi connectivity index (χ1n) is 9.37. The van der Waals surface area contributed by atoms with Crippen LogP contribution in [0.3, 0.4) is 0 Å². The SMILES string of the molecule is CCOC1(C(CC2CC3CCC2C3)NN)CCCCCC1. The Morgan fingerprint density at radius 2 is 1.90 bits per heavy atom. The van der Waals surface area contributed by atoms with Crippen LogP contribution in [-0.2, 0) is 4.74 Å². The molecule has 3 rings (SSSR count). The molecule has 3 saturated carbocycles. The Kier molecular flexibility index (Phi) is 5.23. The summed E-state index contributed by atoms with van der Waals surface area (Å²) >= 11 is 0. The van der Waals surface area contributed by atoms with Gasteiger partial charge in [-0.3, -0.25) is 11.3 Å². The fourth-order valence-corrected chi connectivity index (χ4v) is 5.61. The first-order valence-corrected chi connectivity index (χ1v) is 9.37. The summed E-state index contributed by atoms with van der Waals surface area (Å²) in [5, 5.41) is 0. The Labute approximate surface area is 130 Å². The molecule has 4 atom stereocenters. The van der Waals surface area contributed by atoms with Crippen molar-refractivity contribution in [3.63, 3.8) is 0 Å². The van der Waals surface area contributed by atoms with E-state index in [-0.39, 0.29) is 5.60 Å². The van der Waals surface area contributed by atoms with E-state index in [0.29, 0.717) is 6.04 Å². The molecular formula is C18H34N2O. The van der Waals surface area contributed by atoms with Crippen LogP contribution in [0.2, 0.25) is 0 Å². The van der Waals surface area contributed by atoms with E-state index in [1.165, 1.54) is 70.6 Å². The van der Waals surface area contributed by atoms with Gasteiger partial charge in [0.1, 0.15) is 0 Å². The van der Waals surface area contributed by atoms with Gasteiger partial charge in [-0.15, -0.1) is 0 Å². The molecule has 21 heavy (non-hydrogen) atoms. The summed E-state index contributed by atoms with van der Waals surface area (Å²) in [5.74, 6) is 8.92. The Bertz CT molecular complexity index is 325. The Balaban J connectivity index is 1.68. The predicted molar refractivity (Wildman–Crippen MR) is 86.7 cm³/mol. The summed E-state index contributed by atoms with van der Waals surface area (Å²) in [4.78, 5) is 0. The average molecular weight is 294 g/mol. The third-order valence-electron chi connectivity index (χ3n) is 6.64. The molecule has 0 aromatic heterocycles. The molecule has 0 aromatic carbocycles. The molecule has 0 aliphatic heterocycles. The van der Waals surface area contributed by atoms with Gasteiger partial charge in [-0.05, 0) is 63.2 Å². The minimum Gasteiger partial charge on any atom is -0.374 e. The molecule has 3 nitrogen and oxygen atoms in total. The molecule has 4 unspecified atom stereocenters. The Morgan fingerprint density at radius 1 is 1.14 bits per heavy atom. The van der Waals surface area contributed by atoms with Crippen molar-refractivity contribution < 1.29 is 4.74 Å². The van der Waals surface area contributed by atoms with E-state index < -0.39 is 0 Å². The maximum Gasteiger partial charge on any atom is 0.0848 e. The Morgan fingerprint density at radius 3 is 2.43 bits per heavy atom. The number of hydrogen-bond donors (Lipinski definition) is 2. The number of nitrogens with one attached hydrogen (secondary N) is 1. The molecule has 3 aliphatic carbocycles. The van der Waals surface area contributed by atoms with Gasteiger partial charge >= 0.3 is 0 Å². The van der Waals surface area contributed by atoms with E-state index in [2.05, 4.69) is 12.3 Å². The monoisotopic (exact) mass is 294 g/mol.